The summed E-state index contributed by atoms with van der Waals surface area (Å²) in [6, 6.07) is 3.54. The lowest BCUT2D eigenvalue weighted by atomic mass is 10.1. The fourth-order valence-electron chi connectivity index (χ4n) is 1.59. The molecule has 6 heteroatoms. The molecule has 0 atom stereocenters. The van der Waals surface area contributed by atoms with Crippen LogP contribution in [0.2, 0.25) is 0 Å². The highest BCUT2D eigenvalue weighted by molar-refractivity contribution is 5.74. The van der Waals surface area contributed by atoms with Gasteiger partial charge < -0.3 is 14.2 Å². The molecule has 6 nitrogen and oxygen atoms in total. The van der Waals surface area contributed by atoms with Gasteiger partial charge in [0.2, 0.25) is 11.7 Å². The molecule has 1 amide bonds. The summed E-state index contributed by atoms with van der Waals surface area (Å²) in [4.78, 5) is 11.0. The van der Waals surface area contributed by atoms with Crippen LogP contribution in [0.15, 0.2) is 12.1 Å². The fourth-order valence-corrected chi connectivity index (χ4v) is 1.59. The van der Waals surface area contributed by atoms with Crippen molar-refractivity contribution >= 4 is 5.91 Å². The van der Waals surface area contributed by atoms with Crippen LogP contribution in [0.5, 0.6) is 17.2 Å². The predicted octanol–water partition coefficient (Wildman–Crippen LogP) is 1.15. The molecule has 0 saturated heterocycles. The van der Waals surface area contributed by atoms with Crippen LogP contribution >= 0.6 is 0 Å². The Labute approximate surface area is 105 Å². The minimum atomic E-state index is -0.441. The average molecular weight is 255 g/mol. The Morgan fingerprint density at radius 2 is 1.72 bits per heavy atom. The Hall–Kier alpha value is -1.95. The molecular weight excluding hydrogens is 238 g/mol. The molecule has 0 unspecified atom stereocenters. The van der Waals surface area contributed by atoms with E-state index < -0.39 is 5.91 Å². The SMILES string of the molecule is COc1cc(CCC(=O)NO)cc(OC)c1OC. The number of hydrogen-bond donors (Lipinski definition) is 2. The van der Waals surface area contributed by atoms with Crippen LogP contribution in [0, 0.1) is 0 Å². The first-order valence-corrected chi connectivity index (χ1v) is 5.38. The van der Waals surface area contributed by atoms with E-state index in [1.807, 2.05) is 0 Å². The van der Waals surface area contributed by atoms with Gasteiger partial charge in [-0.25, -0.2) is 5.48 Å². The van der Waals surface area contributed by atoms with Gasteiger partial charge in [-0.3, -0.25) is 10.0 Å². The predicted molar refractivity (Wildman–Crippen MR) is 64.3 cm³/mol. The Balaban J connectivity index is 2.96. The third-order valence-corrected chi connectivity index (χ3v) is 2.49. The van der Waals surface area contributed by atoms with Crippen molar-refractivity contribution in [3.8, 4) is 17.2 Å². The summed E-state index contributed by atoms with van der Waals surface area (Å²) in [7, 11) is 4.59. The first-order valence-electron chi connectivity index (χ1n) is 5.38. The van der Waals surface area contributed by atoms with Gasteiger partial charge >= 0.3 is 0 Å². The summed E-state index contributed by atoms with van der Waals surface area (Å²) < 4.78 is 15.6. The van der Waals surface area contributed by atoms with Crippen molar-refractivity contribution in [2.45, 2.75) is 12.8 Å². The van der Waals surface area contributed by atoms with Crippen LogP contribution in [0.4, 0.5) is 0 Å². The van der Waals surface area contributed by atoms with Gasteiger partial charge in [0.25, 0.3) is 0 Å². The second-order valence-corrected chi connectivity index (χ2v) is 3.57. The summed E-state index contributed by atoms with van der Waals surface area (Å²) in [5.74, 6) is 1.15. The largest absolute Gasteiger partial charge is 0.493 e. The summed E-state index contributed by atoms with van der Waals surface area (Å²) in [5, 5.41) is 8.43. The molecule has 0 spiro atoms. The van der Waals surface area contributed by atoms with E-state index in [-0.39, 0.29) is 6.42 Å². The molecule has 0 aliphatic rings. The van der Waals surface area contributed by atoms with Gasteiger partial charge in [0.05, 0.1) is 21.3 Å². The number of hydroxylamine groups is 1. The van der Waals surface area contributed by atoms with Crippen molar-refractivity contribution in [1.82, 2.24) is 5.48 Å². The maximum atomic E-state index is 11.0. The third-order valence-electron chi connectivity index (χ3n) is 2.49. The van der Waals surface area contributed by atoms with E-state index in [9.17, 15) is 4.79 Å². The zero-order valence-corrected chi connectivity index (χ0v) is 10.6. The smallest absolute Gasteiger partial charge is 0.243 e. The number of nitrogens with one attached hydrogen (secondary N) is 1. The lowest BCUT2D eigenvalue weighted by molar-refractivity contribution is -0.129. The van der Waals surface area contributed by atoms with Gasteiger partial charge in [0.1, 0.15) is 0 Å². The molecule has 0 radical (unpaired) electrons. The molecule has 1 rings (SSSR count). The number of amides is 1. The summed E-state index contributed by atoms with van der Waals surface area (Å²) in [6.45, 7) is 0. The maximum Gasteiger partial charge on any atom is 0.243 e. The highest BCUT2D eigenvalue weighted by atomic mass is 16.5. The second-order valence-electron chi connectivity index (χ2n) is 3.57. The third kappa shape index (κ3) is 3.27. The van der Waals surface area contributed by atoms with E-state index in [2.05, 4.69) is 0 Å². The Bertz CT molecular complexity index is 394. The molecular formula is C12H17NO5. The number of hydrogen-bond acceptors (Lipinski definition) is 5. The number of rotatable bonds is 6. The van der Waals surface area contributed by atoms with Gasteiger partial charge in [-0.05, 0) is 24.1 Å². The molecule has 0 aliphatic heterocycles. The van der Waals surface area contributed by atoms with Crippen LogP contribution < -0.4 is 19.7 Å². The standard InChI is InChI=1S/C12H17NO5/c1-16-9-6-8(4-5-11(14)13-15)7-10(17-2)12(9)18-3/h6-7,15H,4-5H2,1-3H3,(H,13,14). The normalized spacial score (nSPS) is 9.78. The van der Waals surface area contributed by atoms with Crippen LogP contribution in [-0.4, -0.2) is 32.4 Å². The van der Waals surface area contributed by atoms with Gasteiger partial charge in [-0.2, -0.15) is 0 Å². The quantitative estimate of drug-likeness (QED) is 0.589. The van der Waals surface area contributed by atoms with Crippen molar-refractivity contribution in [3.05, 3.63) is 17.7 Å². The zero-order chi connectivity index (χ0) is 13.5. The van der Waals surface area contributed by atoms with E-state index in [1.165, 1.54) is 21.3 Å². The second kappa shape index (κ2) is 6.70. The minimum absolute atomic E-state index is 0.176. The summed E-state index contributed by atoms with van der Waals surface area (Å²) in [5.41, 5.74) is 2.44. The van der Waals surface area contributed by atoms with Crippen molar-refractivity contribution in [1.29, 1.82) is 0 Å². The van der Waals surface area contributed by atoms with E-state index in [0.717, 1.165) is 5.56 Å². The number of ether oxygens (including phenoxy) is 3. The summed E-state index contributed by atoms with van der Waals surface area (Å²) in [6.07, 6.45) is 0.637. The molecule has 0 bridgehead atoms. The van der Waals surface area contributed by atoms with Gasteiger partial charge in [0, 0.05) is 6.42 Å². The first kappa shape index (κ1) is 14.1. The van der Waals surface area contributed by atoms with Gasteiger partial charge in [-0.15, -0.1) is 0 Å². The van der Waals surface area contributed by atoms with E-state index in [0.29, 0.717) is 23.7 Å². The monoisotopic (exact) mass is 255 g/mol. The van der Waals surface area contributed by atoms with Crippen LogP contribution in [0.3, 0.4) is 0 Å². The Kier molecular flexibility index (Phi) is 5.26. The van der Waals surface area contributed by atoms with Crippen LogP contribution in [0.1, 0.15) is 12.0 Å². The lowest BCUT2D eigenvalue weighted by Crippen LogP contribution is -2.18. The summed E-state index contributed by atoms with van der Waals surface area (Å²) >= 11 is 0. The Morgan fingerprint density at radius 3 is 2.11 bits per heavy atom. The first-order chi connectivity index (χ1) is 8.65. The van der Waals surface area contributed by atoms with Crippen molar-refractivity contribution in [2.24, 2.45) is 0 Å². The molecule has 0 saturated carbocycles. The molecule has 1 aromatic carbocycles. The lowest BCUT2D eigenvalue weighted by Gasteiger charge is -2.13. The molecule has 0 aliphatic carbocycles. The number of benzene rings is 1. The van der Waals surface area contributed by atoms with Gasteiger partial charge in [0.15, 0.2) is 11.5 Å². The number of aryl methyl sites for hydroxylation is 1. The molecule has 0 heterocycles. The molecule has 18 heavy (non-hydrogen) atoms. The van der Waals surface area contributed by atoms with Crippen LogP contribution in [-0.2, 0) is 11.2 Å². The maximum absolute atomic E-state index is 11.0. The van der Waals surface area contributed by atoms with Crippen molar-refractivity contribution < 1.29 is 24.2 Å². The average Bonchev–Trinajstić information content (AvgIpc) is 2.43. The number of carbonyl (C=O) groups is 1. The highest BCUT2D eigenvalue weighted by Crippen LogP contribution is 2.38. The minimum Gasteiger partial charge on any atom is -0.493 e. The molecule has 100 valence electrons. The molecule has 1 aromatic rings. The van der Waals surface area contributed by atoms with E-state index >= 15 is 0 Å². The number of carbonyl (C=O) groups excluding carboxylic acids is 1. The molecule has 0 aromatic heterocycles. The Morgan fingerprint density at radius 1 is 1.17 bits per heavy atom. The topological polar surface area (TPSA) is 77.0 Å². The van der Waals surface area contributed by atoms with Crippen molar-refractivity contribution in [2.75, 3.05) is 21.3 Å². The highest BCUT2D eigenvalue weighted by Gasteiger charge is 2.13. The van der Waals surface area contributed by atoms with Crippen LogP contribution in [0.25, 0.3) is 0 Å². The number of methoxy groups -OCH3 is 3. The fraction of sp³-hybridized carbons (Fsp3) is 0.417. The molecule has 0 fully saturated rings. The zero-order valence-electron chi connectivity index (χ0n) is 10.6. The van der Waals surface area contributed by atoms with Crippen molar-refractivity contribution in [3.63, 3.8) is 0 Å². The van der Waals surface area contributed by atoms with E-state index in [4.69, 9.17) is 19.4 Å². The van der Waals surface area contributed by atoms with E-state index in [1.54, 1.807) is 17.6 Å². The molecule has 2 N–H and O–H groups in total. The van der Waals surface area contributed by atoms with Gasteiger partial charge in [-0.1, -0.05) is 0 Å².